The number of hydrogen-bond acceptors (Lipinski definition) is 3. The van der Waals surface area contributed by atoms with E-state index >= 15 is 0 Å². The van der Waals surface area contributed by atoms with E-state index in [1.54, 1.807) is 0 Å². The van der Waals surface area contributed by atoms with Gasteiger partial charge in [0, 0.05) is 36.5 Å². The van der Waals surface area contributed by atoms with Gasteiger partial charge in [0.2, 0.25) is 0 Å². The Morgan fingerprint density at radius 2 is 1.96 bits per heavy atom. The highest BCUT2D eigenvalue weighted by atomic mass is 35.5. The fourth-order valence-corrected chi connectivity index (χ4v) is 9.42. The first-order chi connectivity index (χ1) is 13.3. The van der Waals surface area contributed by atoms with Crippen molar-refractivity contribution in [2.75, 3.05) is 5.88 Å². The van der Waals surface area contributed by atoms with E-state index in [4.69, 9.17) is 16.3 Å². The van der Waals surface area contributed by atoms with E-state index in [-0.39, 0.29) is 22.4 Å². The molecule has 0 aromatic carbocycles. The quantitative estimate of drug-likeness (QED) is 0.355. The van der Waals surface area contributed by atoms with Gasteiger partial charge in [-0.15, -0.1) is 11.6 Å². The molecule has 6 aliphatic rings. The second kappa shape index (κ2) is 5.45. The van der Waals surface area contributed by atoms with Gasteiger partial charge >= 0.3 is 5.97 Å². The van der Waals surface area contributed by atoms with E-state index in [2.05, 4.69) is 19.9 Å². The third-order valence-electron chi connectivity index (χ3n) is 10.4. The number of ether oxygens (including phenoxy) is 1. The van der Waals surface area contributed by atoms with Gasteiger partial charge in [-0.3, -0.25) is 9.59 Å². The molecule has 4 saturated carbocycles. The molecule has 4 heteroatoms. The summed E-state index contributed by atoms with van der Waals surface area (Å²) in [6.45, 7) is 4.87. The second-order valence-electron chi connectivity index (χ2n) is 11.2. The summed E-state index contributed by atoms with van der Waals surface area (Å²) in [6.07, 6.45) is 9.90. The number of ketones is 1. The minimum absolute atomic E-state index is 0.0205. The third kappa shape index (κ3) is 1.94. The summed E-state index contributed by atoms with van der Waals surface area (Å²) in [4.78, 5) is 24.4. The Morgan fingerprint density at radius 3 is 2.68 bits per heavy atom. The van der Waals surface area contributed by atoms with Gasteiger partial charge in [-0.1, -0.05) is 25.5 Å². The third-order valence-corrected chi connectivity index (χ3v) is 10.8. The predicted molar refractivity (Wildman–Crippen MR) is 107 cm³/mol. The van der Waals surface area contributed by atoms with Crippen molar-refractivity contribution >= 4 is 23.4 Å². The van der Waals surface area contributed by atoms with Crippen LogP contribution in [0.15, 0.2) is 11.6 Å². The largest absolute Gasteiger partial charge is 0.458 e. The van der Waals surface area contributed by atoms with Gasteiger partial charge in [-0.2, -0.15) is 0 Å². The summed E-state index contributed by atoms with van der Waals surface area (Å²) in [7, 11) is 0. The van der Waals surface area contributed by atoms with Crippen LogP contribution in [0.25, 0.3) is 0 Å². The number of halogens is 1. The normalized spacial score (nSPS) is 56.5. The lowest BCUT2D eigenvalue weighted by atomic mass is 9.44. The topological polar surface area (TPSA) is 43.4 Å². The molecule has 3 unspecified atom stereocenters. The maximum absolute atomic E-state index is 12.2. The lowest BCUT2D eigenvalue weighted by Gasteiger charge is -2.61. The zero-order valence-corrected chi connectivity index (χ0v) is 17.8. The molecule has 0 radical (unpaired) electrons. The average Bonchev–Trinajstić information content (AvgIpc) is 3.30. The molecular weight excluding hydrogens is 372 g/mol. The van der Waals surface area contributed by atoms with E-state index in [0.717, 1.165) is 25.7 Å². The fourth-order valence-electron chi connectivity index (χ4n) is 9.13. The van der Waals surface area contributed by atoms with Crippen molar-refractivity contribution < 1.29 is 14.3 Å². The standard InChI is InChI=1S/C24H31ClO3/c1-22-6-3-15(26)10-14(22)9-13(12-25)20-17(22)4-7-23(2)21(20)16-11-18(16)24(23)8-5-19(27)28-24/h9,13,16-18,20-21H,3-8,10-12H2,1-2H3/t13-,16-,17?,18+,20?,21?,22+,23+,24+/m1/s1. The summed E-state index contributed by atoms with van der Waals surface area (Å²) in [5.74, 6) is 4.52. The zero-order valence-electron chi connectivity index (χ0n) is 17.0. The Kier molecular flexibility index (Phi) is 3.50. The number of carbonyl (C=O) groups is 2. The molecule has 1 heterocycles. The monoisotopic (exact) mass is 402 g/mol. The van der Waals surface area contributed by atoms with Gasteiger partial charge in [0.25, 0.3) is 0 Å². The molecule has 0 N–H and O–H groups in total. The van der Waals surface area contributed by atoms with Crippen LogP contribution in [0.3, 0.4) is 0 Å². The number of alkyl halides is 1. The Labute approximate surface area is 172 Å². The molecule has 3 nitrogen and oxygen atoms in total. The molecule has 0 bridgehead atoms. The van der Waals surface area contributed by atoms with Crippen LogP contribution >= 0.6 is 11.6 Å². The van der Waals surface area contributed by atoms with Crippen LogP contribution in [0.4, 0.5) is 0 Å². The van der Waals surface area contributed by atoms with Crippen LogP contribution in [-0.2, 0) is 14.3 Å². The van der Waals surface area contributed by atoms with Crippen molar-refractivity contribution in [3.05, 3.63) is 11.6 Å². The number of hydrogen-bond donors (Lipinski definition) is 0. The number of esters is 1. The molecular formula is C24H31ClO3. The number of fused-ring (bicyclic) bond motifs is 9. The predicted octanol–water partition coefficient (Wildman–Crippen LogP) is 4.91. The summed E-state index contributed by atoms with van der Waals surface area (Å²) in [5.41, 5.74) is 1.44. The van der Waals surface area contributed by atoms with E-state index in [1.807, 2.05) is 0 Å². The number of allylic oxidation sites excluding steroid dienone is 2. The molecule has 0 amide bonds. The van der Waals surface area contributed by atoms with Gasteiger partial charge in [0.15, 0.2) is 0 Å². The molecule has 1 aliphatic heterocycles. The second-order valence-corrected chi connectivity index (χ2v) is 11.5. The highest BCUT2D eigenvalue weighted by Gasteiger charge is 2.79. The van der Waals surface area contributed by atoms with Gasteiger partial charge in [-0.25, -0.2) is 0 Å². The number of rotatable bonds is 1. The van der Waals surface area contributed by atoms with Crippen LogP contribution in [0.2, 0.25) is 0 Å². The van der Waals surface area contributed by atoms with Crippen LogP contribution in [0.5, 0.6) is 0 Å². The van der Waals surface area contributed by atoms with Crippen molar-refractivity contribution in [2.45, 2.75) is 70.8 Å². The van der Waals surface area contributed by atoms with Crippen molar-refractivity contribution in [1.82, 2.24) is 0 Å². The summed E-state index contributed by atoms with van der Waals surface area (Å²) >= 11 is 6.57. The van der Waals surface area contributed by atoms with E-state index < -0.39 is 0 Å². The minimum Gasteiger partial charge on any atom is -0.458 e. The van der Waals surface area contributed by atoms with Gasteiger partial charge in [-0.05, 0) is 67.1 Å². The first-order valence-electron chi connectivity index (χ1n) is 11.3. The van der Waals surface area contributed by atoms with Crippen LogP contribution in [0, 0.1) is 46.3 Å². The van der Waals surface area contributed by atoms with Crippen molar-refractivity contribution in [1.29, 1.82) is 0 Å². The Morgan fingerprint density at radius 1 is 1.14 bits per heavy atom. The van der Waals surface area contributed by atoms with Crippen LogP contribution in [0.1, 0.15) is 65.2 Å². The Balaban J connectivity index is 1.45. The van der Waals surface area contributed by atoms with Crippen molar-refractivity contribution in [3.63, 3.8) is 0 Å². The highest BCUT2D eigenvalue weighted by molar-refractivity contribution is 6.18. The van der Waals surface area contributed by atoms with Crippen molar-refractivity contribution in [2.24, 2.45) is 46.3 Å². The van der Waals surface area contributed by atoms with Crippen molar-refractivity contribution in [3.8, 4) is 0 Å². The van der Waals surface area contributed by atoms with Crippen LogP contribution < -0.4 is 0 Å². The maximum atomic E-state index is 12.2. The first-order valence-corrected chi connectivity index (χ1v) is 11.9. The lowest BCUT2D eigenvalue weighted by Crippen LogP contribution is -2.58. The number of Topliss-reactive ketones (excluding diaryl/α,β-unsaturated/α-hetero) is 1. The SMILES string of the molecule is C[C@]12CCC(=O)CC1=C[C@H](CCl)C1C2CC[C@@]2(C)C1[C@@H]1C[C@@H]1[C@@]21CCC(=O)O1. The van der Waals surface area contributed by atoms with E-state index in [1.165, 1.54) is 18.4 Å². The maximum Gasteiger partial charge on any atom is 0.306 e. The lowest BCUT2D eigenvalue weighted by molar-refractivity contribution is -0.177. The zero-order chi connectivity index (χ0) is 19.5. The van der Waals surface area contributed by atoms with Gasteiger partial charge in [0.05, 0.1) is 0 Å². The Bertz CT molecular complexity index is 804. The molecule has 5 aliphatic carbocycles. The molecule has 1 saturated heterocycles. The molecule has 28 heavy (non-hydrogen) atoms. The summed E-state index contributed by atoms with van der Waals surface area (Å²) < 4.78 is 6.20. The van der Waals surface area contributed by atoms with E-state index in [9.17, 15) is 9.59 Å². The molecule has 1 spiro atoms. The Hall–Kier alpha value is -0.830. The number of carbonyl (C=O) groups excluding carboxylic acids is 2. The molecule has 9 atom stereocenters. The molecule has 5 fully saturated rings. The van der Waals surface area contributed by atoms with Gasteiger partial charge < -0.3 is 4.74 Å². The smallest absolute Gasteiger partial charge is 0.306 e. The molecule has 0 aromatic rings. The summed E-state index contributed by atoms with van der Waals surface area (Å²) in [6, 6.07) is 0. The summed E-state index contributed by atoms with van der Waals surface area (Å²) in [5, 5.41) is 0. The van der Waals surface area contributed by atoms with Crippen LogP contribution in [-0.4, -0.2) is 23.2 Å². The minimum atomic E-state index is -0.200. The molecule has 152 valence electrons. The highest BCUT2D eigenvalue weighted by Crippen LogP contribution is 2.79. The van der Waals surface area contributed by atoms with E-state index in [0.29, 0.717) is 60.0 Å². The molecule has 6 rings (SSSR count). The molecule has 0 aromatic heterocycles. The fraction of sp³-hybridized carbons (Fsp3) is 0.833. The first kappa shape index (κ1) is 18.0. The average molecular weight is 403 g/mol. The van der Waals surface area contributed by atoms with Gasteiger partial charge in [0.1, 0.15) is 11.4 Å².